The van der Waals surface area contributed by atoms with Gasteiger partial charge in [0.1, 0.15) is 0 Å². The number of rotatable bonds is 7. The smallest absolute Gasteiger partial charge is 0.338 e. The minimum Gasteiger partial charge on any atom is -0.449 e. The number of anilines is 2. The van der Waals surface area contributed by atoms with Crippen LogP contribution in [-0.4, -0.2) is 70.1 Å². The Labute approximate surface area is 200 Å². The molecule has 1 N–H and O–H groups in total. The van der Waals surface area contributed by atoms with Crippen molar-refractivity contribution in [1.82, 2.24) is 4.31 Å². The van der Waals surface area contributed by atoms with Gasteiger partial charge < -0.3 is 19.7 Å². The lowest BCUT2D eigenvalue weighted by Gasteiger charge is -2.34. The summed E-state index contributed by atoms with van der Waals surface area (Å²) in [6.45, 7) is 5.66. The lowest BCUT2D eigenvalue weighted by atomic mass is 10.2. The number of carbonyl (C=O) groups is 2. The minimum absolute atomic E-state index is 0.0808. The van der Waals surface area contributed by atoms with Crippen molar-refractivity contribution in [1.29, 1.82) is 0 Å². The number of carbonyl (C=O) groups excluding carboxylic acids is 2. The molecule has 9 nitrogen and oxygen atoms in total. The van der Waals surface area contributed by atoms with Gasteiger partial charge in [-0.15, -0.1) is 0 Å². The van der Waals surface area contributed by atoms with E-state index in [1.165, 1.54) is 35.5 Å². The summed E-state index contributed by atoms with van der Waals surface area (Å²) >= 11 is 0. The van der Waals surface area contributed by atoms with E-state index < -0.39 is 28.0 Å². The predicted octanol–water partition coefficient (Wildman–Crippen LogP) is 2.73. The third-order valence-electron chi connectivity index (χ3n) is 5.42. The van der Waals surface area contributed by atoms with Crippen LogP contribution in [-0.2, 0) is 24.3 Å². The second-order valence-corrected chi connectivity index (χ2v) is 10.5. The van der Waals surface area contributed by atoms with Crippen molar-refractivity contribution in [2.75, 3.05) is 37.4 Å². The van der Waals surface area contributed by atoms with E-state index >= 15 is 0 Å². The first-order chi connectivity index (χ1) is 16.0. The first-order valence-corrected chi connectivity index (χ1v) is 12.5. The van der Waals surface area contributed by atoms with Gasteiger partial charge in [-0.05, 0) is 69.3 Å². The highest BCUT2D eigenvalue weighted by Crippen LogP contribution is 2.22. The molecule has 10 heteroatoms. The average Bonchev–Trinajstić information content (AvgIpc) is 2.78. The Bertz CT molecular complexity index is 1110. The molecule has 0 radical (unpaired) electrons. The SMILES string of the molecule is C[C@@H]1CN(S(=O)(=O)c2ccc(C(=O)O[C@H](C)C(=O)Nc3ccc(N(C)C)cc3)cc2)C[C@H](C)O1. The van der Waals surface area contributed by atoms with Gasteiger partial charge in [-0.1, -0.05) is 0 Å². The van der Waals surface area contributed by atoms with E-state index in [0.29, 0.717) is 5.69 Å². The predicted molar refractivity (Wildman–Crippen MR) is 129 cm³/mol. The zero-order chi connectivity index (χ0) is 25.0. The molecule has 1 heterocycles. The molecule has 2 aromatic rings. The van der Waals surface area contributed by atoms with Crippen LogP contribution in [0.15, 0.2) is 53.4 Å². The molecule has 1 aliphatic heterocycles. The molecule has 34 heavy (non-hydrogen) atoms. The highest BCUT2D eigenvalue weighted by atomic mass is 32.2. The Morgan fingerprint density at radius 3 is 2.12 bits per heavy atom. The summed E-state index contributed by atoms with van der Waals surface area (Å²) in [6, 6.07) is 12.7. The summed E-state index contributed by atoms with van der Waals surface area (Å²) in [6.07, 6.45) is -1.45. The second-order valence-electron chi connectivity index (χ2n) is 8.58. The highest BCUT2D eigenvalue weighted by molar-refractivity contribution is 7.89. The summed E-state index contributed by atoms with van der Waals surface area (Å²) in [4.78, 5) is 26.9. The molecule has 1 aliphatic rings. The summed E-state index contributed by atoms with van der Waals surface area (Å²) in [5, 5.41) is 2.71. The molecule has 2 aromatic carbocycles. The van der Waals surface area contributed by atoms with Crippen LogP contribution in [0.2, 0.25) is 0 Å². The largest absolute Gasteiger partial charge is 0.449 e. The summed E-state index contributed by atoms with van der Waals surface area (Å²) < 4.78 is 38.2. The standard InChI is InChI=1S/C24H31N3O6S/c1-16-14-27(15-17(2)32-16)34(30,31)22-12-6-19(7-13-22)24(29)33-18(3)23(28)25-20-8-10-21(11-9-20)26(4)5/h6-13,16-18H,14-15H2,1-5H3,(H,25,28)/t16-,17+,18-/m1/s1. The van der Waals surface area contributed by atoms with Crippen molar-refractivity contribution >= 4 is 33.3 Å². The molecule has 0 unspecified atom stereocenters. The monoisotopic (exact) mass is 489 g/mol. The van der Waals surface area contributed by atoms with Crippen molar-refractivity contribution in [2.24, 2.45) is 0 Å². The summed E-state index contributed by atoms with van der Waals surface area (Å²) in [5.74, 6) is -1.19. The Kier molecular flexibility index (Phi) is 7.96. The number of morpholine rings is 1. The normalized spacial score (nSPS) is 19.8. The van der Waals surface area contributed by atoms with Gasteiger partial charge in [-0.25, -0.2) is 13.2 Å². The molecule has 0 saturated carbocycles. The van der Waals surface area contributed by atoms with E-state index in [-0.39, 0.29) is 35.8 Å². The maximum Gasteiger partial charge on any atom is 0.338 e. The van der Waals surface area contributed by atoms with Gasteiger partial charge in [-0.2, -0.15) is 4.31 Å². The highest BCUT2D eigenvalue weighted by Gasteiger charge is 2.32. The summed E-state index contributed by atoms with van der Waals surface area (Å²) in [7, 11) is 0.119. The zero-order valence-corrected chi connectivity index (χ0v) is 20.8. The van der Waals surface area contributed by atoms with Crippen molar-refractivity contribution < 1.29 is 27.5 Å². The third kappa shape index (κ3) is 6.13. The Morgan fingerprint density at radius 1 is 1.03 bits per heavy atom. The van der Waals surface area contributed by atoms with E-state index in [0.717, 1.165) is 5.69 Å². The molecule has 3 atom stereocenters. The molecule has 1 amide bonds. The second kappa shape index (κ2) is 10.5. The van der Waals surface area contributed by atoms with Gasteiger partial charge in [-0.3, -0.25) is 4.79 Å². The molecule has 1 fully saturated rings. The number of esters is 1. The maximum absolute atomic E-state index is 13.0. The van der Waals surface area contributed by atoms with Crippen molar-refractivity contribution in [2.45, 2.75) is 44.0 Å². The third-order valence-corrected chi connectivity index (χ3v) is 7.26. The molecule has 0 aromatic heterocycles. The molecule has 184 valence electrons. The van der Waals surface area contributed by atoms with Crippen LogP contribution in [0.1, 0.15) is 31.1 Å². The Hall–Kier alpha value is -2.95. The molecule has 3 rings (SSSR count). The summed E-state index contributed by atoms with van der Waals surface area (Å²) in [5.41, 5.74) is 1.72. The molecule has 0 bridgehead atoms. The fourth-order valence-electron chi connectivity index (χ4n) is 3.61. The molecule has 0 spiro atoms. The van der Waals surface area contributed by atoms with E-state index in [2.05, 4.69) is 5.32 Å². The van der Waals surface area contributed by atoms with Crippen LogP contribution < -0.4 is 10.2 Å². The van der Waals surface area contributed by atoms with Crippen LogP contribution in [0.5, 0.6) is 0 Å². The number of sulfonamides is 1. The van der Waals surface area contributed by atoms with Gasteiger partial charge >= 0.3 is 5.97 Å². The van der Waals surface area contributed by atoms with Gasteiger partial charge in [0.15, 0.2) is 6.10 Å². The first kappa shape index (κ1) is 25.7. The minimum atomic E-state index is -3.72. The number of amides is 1. The fourth-order valence-corrected chi connectivity index (χ4v) is 5.20. The molecule has 0 aliphatic carbocycles. The van der Waals surface area contributed by atoms with Gasteiger partial charge in [0.2, 0.25) is 10.0 Å². The van der Waals surface area contributed by atoms with Crippen LogP contribution in [0.4, 0.5) is 11.4 Å². The zero-order valence-electron chi connectivity index (χ0n) is 20.0. The van der Waals surface area contributed by atoms with Crippen LogP contribution >= 0.6 is 0 Å². The van der Waals surface area contributed by atoms with E-state index in [1.54, 1.807) is 12.1 Å². The van der Waals surface area contributed by atoms with E-state index in [1.807, 2.05) is 45.0 Å². The van der Waals surface area contributed by atoms with E-state index in [9.17, 15) is 18.0 Å². The first-order valence-electron chi connectivity index (χ1n) is 11.0. The number of hydrogen-bond acceptors (Lipinski definition) is 7. The van der Waals surface area contributed by atoms with Crippen molar-refractivity contribution in [3.8, 4) is 0 Å². The number of nitrogens with zero attached hydrogens (tertiary/aromatic N) is 2. The lowest BCUT2D eigenvalue weighted by molar-refractivity contribution is -0.123. The molecule has 1 saturated heterocycles. The molecular weight excluding hydrogens is 458 g/mol. The van der Waals surface area contributed by atoms with Crippen molar-refractivity contribution in [3.05, 3.63) is 54.1 Å². The van der Waals surface area contributed by atoms with Gasteiger partial charge in [0.05, 0.1) is 22.7 Å². The van der Waals surface area contributed by atoms with Crippen LogP contribution in [0, 0.1) is 0 Å². The quantitative estimate of drug-likeness (QED) is 0.596. The fraction of sp³-hybridized carbons (Fsp3) is 0.417. The average molecular weight is 490 g/mol. The van der Waals surface area contributed by atoms with Gasteiger partial charge in [0, 0.05) is 38.6 Å². The van der Waals surface area contributed by atoms with Crippen LogP contribution in [0.3, 0.4) is 0 Å². The van der Waals surface area contributed by atoms with E-state index in [4.69, 9.17) is 9.47 Å². The Morgan fingerprint density at radius 2 is 1.59 bits per heavy atom. The van der Waals surface area contributed by atoms with Crippen LogP contribution in [0.25, 0.3) is 0 Å². The number of benzene rings is 2. The number of ether oxygens (including phenoxy) is 2. The Balaban J connectivity index is 1.61. The topological polar surface area (TPSA) is 105 Å². The lowest BCUT2D eigenvalue weighted by Crippen LogP contribution is -2.48. The molecular formula is C24H31N3O6S. The van der Waals surface area contributed by atoms with Gasteiger partial charge in [0.25, 0.3) is 5.91 Å². The van der Waals surface area contributed by atoms with Crippen molar-refractivity contribution in [3.63, 3.8) is 0 Å². The number of hydrogen-bond donors (Lipinski definition) is 1. The maximum atomic E-state index is 13.0. The number of nitrogens with one attached hydrogen (secondary N) is 1.